The van der Waals surface area contributed by atoms with E-state index in [1.165, 1.54) is 13.5 Å². The van der Waals surface area contributed by atoms with Gasteiger partial charge in [0.1, 0.15) is 0 Å². The lowest BCUT2D eigenvalue weighted by Crippen LogP contribution is -2.48. The van der Waals surface area contributed by atoms with E-state index in [4.69, 9.17) is 0 Å². The van der Waals surface area contributed by atoms with Crippen LogP contribution in [0.3, 0.4) is 0 Å². The summed E-state index contributed by atoms with van der Waals surface area (Å²) in [4.78, 5) is 13.4. The fraction of sp³-hybridized carbons (Fsp3) is 0.909. The minimum absolute atomic E-state index is 0.116. The minimum Gasteiger partial charge on any atom is -0.469 e. The zero-order chi connectivity index (χ0) is 11.3. The molecule has 1 saturated heterocycles. The van der Waals surface area contributed by atoms with Crippen molar-refractivity contribution in [1.82, 2.24) is 10.2 Å². The van der Waals surface area contributed by atoms with Crippen molar-refractivity contribution in [3.8, 4) is 0 Å². The number of rotatable bonds is 4. The maximum Gasteiger partial charge on any atom is 0.306 e. The molecule has 2 unspecified atom stereocenters. The van der Waals surface area contributed by atoms with Crippen LogP contribution in [0, 0.1) is 5.92 Å². The van der Waals surface area contributed by atoms with Gasteiger partial charge in [0.25, 0.3) is 0 Å². The van der Waals surface area contributed by atoms with Gasteiger partial charge >= 0.3 is 5.97 Å². The first-order valence-electron chi connectivity index (χ1n) is 5.62. The number of esters is 1. The van der Waals surface area contributed by atoms with E-state index in [0.717, 1.165) is 19.6 Å². The van der Waals surface area contributed by atoms with Crippen molar-refractivity contribution in [3.05, 3.63) is 0 Å². The monoisotopic (exact) mass is 214 g/mol. The van der Waals surface area contributed by atoms with Gasteiger partial charge in [-0.2, -0.15) is 0 Å². The summed E-state index contributed by atoms with van der Waals surface area (Å²) in [6.45, 7) is 5.21. The number of hydrogen-bond acceptors (Lipinski definition) is 4. The molecule has 0 bridgehead atoms. The van der Waals surface area contributed by atoms with Crippen molar-refractivity contribution in [2.24, 2.45) is 5.92 Å². The van der Waals surface area contributed by atoms with Gasteiger partial charge in [0.2, 0.25) is 0 Å². The first-order chi connectivity index (χ1) is 7.15. The zero-order valence-electron chi connectivity index (χ0n) is 9.95. The molecule has 4 heteroatoms. The molecule has 1 aliphatic rings. The van der Waals surface area contributed by atoms with Gasteiger partial charge in [-0.25, -0.2) is 0 Å². The molecule has 4 nitrogen and oxygen atoms in total. The van der Waals surface area contributed by atoms with Crippen molar-refractivity contribution >= 4 is 5.97 Å². The highest BCUT2D eigenvalue weighted by Crippen LogP contribution is 2.16. The van der Waals surface area contributed by atoms with E-state index in [0.29, 0.717) is 18.4 Å². The van der Waals surface area contributed by atoms with Crippen LogP contribution >= 0.6 is 0 Å². The number of carbonyl (C=O) groups is 1. The van der Waals surface area contributed by atoms with Gasteiger partial charge in [-0.05, 0) is 19.4 Å². The molecule has 1 rings (SSSR count). The van der Waals surface area contributed by atoms with Crippen LogP contribution in [0.15, 0.2) is 0 Å². The molecule has 0 amide bonds. The number of hydrogen-bond donors (Lipinski definition) is 1. The average molecular weight is 214 g/mol. The lowest BCUT2D eigenvalue weighted by molar-refractivity contribution is -0.141. The molecule has 0 saturated carbocycles. The first kappa shape index (κ1) is 12.5. The van der Waals surface area contributed by atoms with Crippen LogP contribution in [0.1, 0.15) is 19.8 Å². The van der Waals surface area contributed by atoms with E-state index in [9.17, 15) is 4.79 Å². The average Bonchev–Trinajstić information content (AvgIpc) is 2.25. The quantitative estimate of drug-likeness (QED) is 0.691. The summed E-state index contributed by atoms with van der Waals surface area (Å²) >= 11 is 0. The van der Waals surface area contributed by atoms with Crippen LogP contribution in [0.5, 0.6) is 0 Å². The van der Waals surface area contributed by atoms with Crippen LogP contribution in [0.2, 0.25) is 0 Å². The van der Waals surface area contributed by atoms with Gasteiger partial charge in [-0.1, -0.05) is 6.92 Å². The third-order valence-electron chi connectivity index (χ3n) is 3.00. The Balaban J connectivity index is 2.31. The van der Waals surface area contributed by atoms with Gasteiger partial charge in [-0.15, -0.1) is 0 Å². The Bertz CT molecular complexity index is 209. The zero-order valence-corrected chi connectivity index (χ0v) is 9.95. The number of nitrogens with one attached hydrogen (secondary N) is 1. The van der Waals surface area contributed by atoms with Gasteiger partial charge in [0.05, 0.1) is 13.5 Å². The Kier molecular flexibility index (Phi) is 5.05. The van der Waals surface area contributed by atoms with E-state index in [2.05, 4.69) is 21.9 Å². The molecule has 1 heterocycles. The molecule has 0 aromatic heterocycles. The fourth-order valence-electron chi connectivity index (χ4n) is 2.20. The number of methoxy groups -OCH3 is 1. The molecule has 88 valence electrons. The number of likely N-dealkylation sites (N-methyl/N-ethyl adjacent to an activating group) is 1. The lowest BCUT2D eigenvalue weighted by atomic mass is 9.96. The summed E-state index contributed by atoms with van der Waals surface area (Å²) in [6.07, 6.45) is 1.73. The van der Waals surface area contributed by atoms with Crippen LogP contribution < -0.4 is 5.32 Å². The summed E-state index contributed by atoms with van der Waals surface area (Å²) in [5, 5.41) is 3.31. The SMILES string of the molecule is CNC1CC(C)CN(CCC(=O)OC)C1. The van der Waals surface area contributed by atoms with Crippen molar-refractivity contribution in [2.75, 3.05) is 33.8 Å². The predicted molar refractivity (Wildman–Crippen MR) is 59.7 cm³/mol. The second-order valence-corrected chi connectivity index (χ2v) is 4.41. The third-order valence-corrected chi connectivity index (χ3v) is 3.00. The highest BCUT2D eigenvalue weighted by Gasteiger charge is 2.23. The van der Waals surface area contributed by atoms with Crippen molar-refractivity contribution < 1.29 is 9.53 Å². The van der Waals surface area contributed by atoms with Gasteiger partial charge in [-0.3, -0.25) is 4.79 Å². The number of nitrogens with zero attached hydrogens (tertiary/aromatic N) is 1. The fourth-order valence-corrected chi connectivity index (χ4v) is 2.20. The minimum atomic E-state index is -0.116. The summed E-state index contributed by atoms with van der Waals surface area (Å²) in [5.74, 6) is 0.586. The maximum absolute atomic E-state index is 11.0. The van der Waals surface area contributed by atoms with E-state index >= 15 is 0 Å². The maximum atomic E-state index is 11.0. The molecule has 0 aliphatic carbocycles. The van der Waals surface area contributed by atoms with Crippen LogP contribution in [0.4, 0.5) is 0 Å². The molecular formula is C11H22N2O2. The molecular weight excluding hydrogens is 192 g/mol. The standard InChI is InChI=1S/C11H22N2O2/c1-9-6-10(12-2)8-13(7-9)5-4-11(14)15-3/h9-10,12H,4-8H2,1-3H3. The second-order valence-electron chi connectivity index (χ2n) is 4.41. The molecule has 0 spiro atoms. The van der Waals surface area contributed by atoms with Gasteiger partial charge in [0, 0.05) is 25.7 Å². The van der Waals surface area contributed by atoms with Gasteiger partial charge < -0.3 is 15.0 Å². The first-order valence-corrected chi connectivity index (χ1v) is 5.62. The lowest BCUT2D eigenvalue weighted by Gasteiger charge is -2.36. The molecule has 2 atom stereocenters. The van der Waals surface area contributed by atoms with E-state index in [1.807, 2.05) is 7.05 Å². The highest BCUT2D eigenvalue weighted by atomic mass is 16.5. The summed E-state index contributed by atoms with van der Waals surface area (Å²) in [7, 11) is 3.44. The molecule has 1 N–H and O–H groups in total. The number of carbonyl (C=O) groups excluding carboxylic acids is 1. The topological polar surface area (TPSA) is 41.6 Å². The van der Waals surface area contributed by atoms with Crippen molar-refractivity contribution in [3.63, 3.8) is 0 Å². The largest absolute Gasteiger partial charge is 0.469 e. The normalized spacial score (nSPS) is 27.7. The van der Waals surface area contributed by atoms with E-state index < -0.39 is 0 Å². The van der Waals surface area contributed by atoms with E-state index in [1.54, 1.807) is 0 Å². The Morgan fingerprint density at radius 1 is 1.53 bits per heavy atom. The van der Waals surface area contributed by atoms with Crippen molar-refractivity contribution in [2.45, 2.75) is 25.8 Å². The van der Waals surface area contributed by atoms with Crippen LogP contribution in [-0.4, -0.2) is 50.7 Å². The second kappa shape index (κ2) is 6.08. The Labute approximate surface area is 92.0 Å². The third kappa shape index (κ3) is 4.18. The number of ether oxygens (including phenoxy) is 1. The number of piperidine rings is 1. The van der Waals surface area contributed by atoms with Crippen molar-refractivity contribution in [1.29, 1.82) is 0 Å². The predicted octanol–water partition coefficient (Wildman–Crippen LogP) is 0.479. The highest BCUT2D eigenvalue weighted by molar-refractivity contribution is 5.69. The summed E-state index contributed by atoms with van der Waals surface area (Å²) in [6, 6.07) is 0.561. The molecule has 1 fully saturated rings. The summed E-state index contributed by atoms with van der Waals surface area (Å²) in [5.41, 5.74) is 0. The Hall–Kier alpha value is -0.610. The molecule has 0 aromatic rings. The molecule has 0 aromatic carbocycles. The summed E-state index contributed by atoms with van der Waals surface area (Å²) < 4.78 is 4.64. The van der Waals surface area contributed by atoms with Crippen LogP contribution in [-0.2, 0) is 9.53 Å². The molecule has 0 radical (unpaired) electrons. The Morgan fingerprint density at radius 2 is 2.27 bits per heavy atom. The number of likely N-dealkylation sites (tertiary alicyclic amines) is 1. The smallest absolute Gasteiger partial charge is 0.306 e. The Morgan fingerprint density at radius 3 is 2.87 bits per heavy atom. The van der Waals surface area contributed by atoms with Gasteiger partial charge in [0.15, 0.2) is 0 Å². The molecule has 1 aliphatic heterocycles. The molecule has 15 heavy (non-hydrogen) atoms. The van der Waals surface area contributed by atoms with E-state index in [-0.39, 0.29) is 5.97 Å². The van der Waals surface area contributed by atoms with Crippen LogP contribution in [0.25, 0.3) is 0 Å².